The van der Waals surface area contributed by atoms with Crippen molar-refractivity contribution in [3.05, 3.63) is 130 Å². The molecule has 1 aliphatic carbocycles. The van der Waals surface area contributed by atoms with Crippen molar-refractivity contribution in [2.75, 3.05) is 5.32 Å². The molecule has 6 heteroatoms. The quantitative estimate of drug-likeness (QED) is 0.305. The van der Waals surface area contributed by atoms with Crippen LogP contribution in [-0.2, 0) is 0 Å². The first-order valence-electron chi connectivity index (χ1n) is 11.3. The molecule has 0 spiro atoms. The minimum Gasteiger partial charge on any atom is -0.321 e. The third-order valence-electron chi connectivity index (χ3n) is 6.30. The Bertz CT molecular complexity index is 1730. The molecule has 0 fully saturated rings. The Morgan fingerprint density at radius 3 is 2.17 bits per heavy atom. The molecule has 36 heavy (non-hydrogen) atoms. The Hall–Kier alpha value is -4.61. The van der Waals surface area contributed by atoms with Crippen molar-refractivity contribution in [1.82, 2.24) is 4.98 Å². The smallest absolute Gasteiger partial charge is 0.256 e. The van der Waals surface area contributed by atoms with Gasteiger partial charge >= 0.3 is 0 Å². The second-order valence-electron chi connectivity index (χ2n) is 8.47. The molecule has 0 atom stereocenters. The number of amides is 1. The molecule has 5 aromatic rings. The lowest BCUT2D eigenvalue weighted by Gasteiger charge is -2.20. The van der Waals surface area contributed by atoms with Gasteiger partial charge in [0.2, 0.25) is 0 Å². The number of ketones is 2. The van der Waals surface area contributed by atoms with Crippen molar-refractivity contribution >= 4 is 45.7 Å². The van der Waals surface area contributed by atoms with E-state index in [1.165, 1.54) is 0 Å². The second-order valence-corrected chi connectivity index (χ2v) is 8.90. The maximum absolute atomic E-state index is 13.6. The number of nitrogens with zero attached hydrogens (tertiary/aromatic N) is 1. The molecule has 0 unspecified atom stereocenters. The van der Waals surface area contributed by atoms with Gasteiger partial charge in [-0.25, -0.2) is 4.98 Å². The summed E-state index contributed by atoms with van der Waals surface area (Å²) in [6, 6.07) is 28.0. The van der Waals surface area contributed by atoms with Crippen molar-refractivity contribution in [3.63, 3.8) is 0 Å². The highest BCUT2D eigenvalue weighted by atomic mass is 35.5. The fourth-order valence-corrected chi connectivity index (χ4v) is 4.70. The van der Waals surface area contributed by atoms with Crippen molar-refractivity contribution in [2.24, 2.45) is 0 Å². The number of rotatable bonds is 3. The van der Waals surface area contributed by atoms with Gasteiger partial charge in [0.05, 0.1) is 28.0 Å². The van der Waals surface area contributed by atoms with Gasteiger partial charge in [-0.2, -0.15) is 0 Å². The Kier molecular flexibility index (Phi) is 5.20. The molecule has 172 valence electrons. The zero-order valence-corrected chi connectivity index (χ0v) is 19.5. The van der Waals surface area contributed by atoms with Crippen LogP contribution in [0.4, 0.5) is 5.69 Å². The van der Waals surface area contributed by atoms with Crippen LogP contribution in [0.25, 0.3) is 22.2 Å². The summed E-state index contributed by atoms with van der Waals surface area (Å²) >= 11 is 6.04. The summed E-state index contributed by atoms with van der Waals surface area (Å²) in [6.45, 7) is 0. The fraction of sp³-hybridized carbons (Fsp3) is 0. The standard InChI is InChI=1S/C30H17ClN2O3/c31-18-14-12-17(13-15-18)26-16-23(19-6-3-4-10-24(19)32-26)30(36)33-25-11-5-9-22-27(25)29(35)21-8-2-1-7-20(21)28(22)34/h1-16H,(H,33,36). The molecule has 0 saturated heterocycles. The first-order valence-corrected chi connectivity index (χ1v) is 11.7. The summed E-state index contributed by atoms with van der Waals surface area (Å²) in [5.41, 5.74) is 3.95. The number of carbonyl (C=O) groups is 3. The molecular formula is C30H17ClN2O3. The second kappa shape index (κ2) is 8.56. The van der Waals surface area contributed by atoms with Gasteiger partial charge in [-0.1, -0.05) is 78.3 Å². The third kappa shape index (κ3) is 3.58. The summed E-state index contributed by atoms with van der Waals surface area (Å²) < 4.78 is 0. The molecule has 4 aromatic carbocycles. The summed E-state index contributed by atoms with van der Waals surface area (Å²) in [5, 5.41) is 4.16. The summed E-state index contributed by atoms with van der Waals surface area (Å²) in [5.74, 6) is -0.940. The Balaban J connectivity index is 1.45. The highest BCUT2D eigenvalue weighted by Gasteiger charge is 2.32. The number of nitrogens with one attached hydrogen (secondary N) is 1. The van der Waals surface area contributed by atoms with Crippen LogP contribution < -0.4 is 5.32 Å². The minimum absolute atomic E-state index is 0.200. The number of hydrogen-bond donors (Lipinski definition) is 1. The van der Waals surface area contributed by atoms with E-state index in [9.17, 15) is 14.4 Å². The molecule has 0 saturated carbocycles. The van der Waals surface area contributed by atoms with Crippen LogP contribution in [0.1, 0.15) is 42.2 Å². The lowest BCUT2D eigenvalue weighted by atomic mass is 9.83. The normalized spacial score (nSPS) is 12.2. The van der Waals surface area contributed by atoms with Crippen LogP contribution in [0.15, 0.2) is 97.1 Å². The van der Waals surface area contributed by atoms with Gasteiger partial charge in [0.1, 0.15) is 0 Å². The highest BCUT2D eigenvalue weighted by Crippen LogP contribution is 2.33. The van der Waals surface area contributed by atoms with Crippen molar-refractivity contribution < 1.29 is 14.4 Å². The van der Waals surface area contributed by atoms with Crippen LogP contribution in [0, 0.1) is 0 Å². The van der Waals surface area contributed by atoms with Gasteiger partial charge in [0.15, 0.2) is 11.6 Å². The number of pyridine rings is 1. The van der Waals surface area contributed by atoms with E-state index < -0.39 is 5.91 Å². The zero-order chi connectivity index (χ0) is 24.8. The monoisotopic (exact) mass is 488 g/mol. The van der Waals surface area contributed by atoms with Crippen LogP contribution in [0.2, 0.25) is 5.02 Å². The predicted molar refractivity (Wildman–Crippen MR) is 140 cm³/mol. The third-order valence-corrected chi connectivity index (χ3v) is 6.55. The molecular weight excluding hydrogens is 472 g/mol. The largest absolute Gasteiger partial charge is 0.321 e. The van der Waals surface area contributed by atoms with E-state index in [0.717, 1.165) is 5.56 Å². The van der Waals surface area contributed by atoms with Crippen LogP contribution >= 0.6 is 11.6 Å². The molecule has 0 aliphatic heterocycles. The molecule has 1 N–H and O–H groups in total. The molecule has 0 radical (unpaired) electrons. The zero-order valence-electron chi connectivity index (χ0n) is 18.8. The number of aromatic nitrogens is 1. The van der Waals surface area contributed by atoms with Gasteiger partial charge in [-0.3, -0.25) is 14.4 Å². The topological polar surface area (TPSA) is 76.1 Å². The van der Waals surface area contributed by atoms with Gasteiger partial charge in [-0.05, 0) is 30.3 Å². The Morgan fingerprint density at radius 2 is 1.39 bits per heavy atom. The number of benzene rings is 4. The highest BCUT2D eigenvalue weighted by molar-refractivity contribution is 6.31. The number of halogens is 1. The average Bonchev–Trinajstić information content (AvgIpc) is 2.91. The van der Waals surface area contributed by atoms with Crippen LogP contribution in [-0.4, -0.2) is 22.5 Å². The van der Waals surface area contributed by atoms with Crippen molar-refractivity contribution in [1.29, 1.82) is 0 Å². The maximum atomic E-state index is 13.6. The molecule has 6 rings (SSSR count). The lowest BCUT2D eigenvalue weighted by molar-refractivity contribution is 0.0978. The summed E-state index contributed by atoms with van der Waals surface area (Å²) in [7, 11) is 0. The molecule has 1 aliphatic rings. The SMILES string of the molecule is O=C1c2ccccc2C(=O)c2c(NC(=O)c3cc(-c4ccc(Cl)cc4)nc4ccccc34)cccc21. The average molecular weight is 489 g/mol. The lowest BCUT2D eigenvalue weighted by Crippen LogP contribution is -2.24. The molecule has 5 nitrogen and oxygen atoms in total. The van der Waals surface area contributed by atoms with Crippen molar-refractivity contribution in [2.45, 2.75) is 0 Å². The maximum Gasteiger partial charge on any atom is 0.256 e. The number of carbonyl (C=O) groups excluding carboxylic acids is 3. The molecule has 1 aromatic heterocycles. The summed E-state index contributed by atoms with van der Waals surface area (Å²) in [6.07, 6.45) is 0. The number of anilines is 1. The van der Waals surface area contributed by atoms with E-state index in [2.05, 4.69) is 5.32 Å². The fourth-order valence-electron chi connectivity index (χ4n) is 4.57. The first kappa shape index (κ1) is 21.9. The van der Waals surface area contributed by atoms with Crippen molar-refractivity contribution in [3.8, 4) is 11.3 Å². The Labute approximate surface area is 211 Å². The van der Waals surface area contributed by atoms with E-state index in [-0.39, 0.29) is 22.7 Å². The van der Waals surface area contributed by atoms with Gasteiger partial charge in [0.25, 0.3) is 5.91 Å². The van der Waals surface area contributed by atoms with E-state index in [4.69, 9.17) is 16.6 Å². The number of para-hydroxylation sites is 1. The predicted octanol–water partition coefficient (Wildman–Crippen LogP) is 6.58. The molecule has 1 amide bonds. The summed E-state index contributed by atoms with van der Waals surface area (Å²) in [4.78, 5) is 44.8. The number of hydrogen-bond acceptors (Lipinski definition) is 4. The molecule has 1 heterocycles. The minimum atomic E-state index is -0.406. The number of fused-ring (bicyclic) bond motifs is 3. The van der Waals surface area contributed by atoms with E-state index >= 15 is 0 Å². The van der Waals surface area contributed by atoms with E-state index in [1.54, 1.807) is 60.7 Å². The van der Waals surface area contributed by atoms with Gasteiger partial charge in [0, 0.05) is 32.7 Å². The van der Waals surface area contributed by atoms with E-state index in [1.807, 2.05) is 36.4 Å². The van der Waals surface area contributed by atoms with Gasteiger partial charge in [-0.15, -0.1) is 0 Å². The van der Waals surface area contributed by atoms with E-state index in [0.29, 0.717) is 44.0 Å². The van der Waals surface area contributed by atoms with Crippen LogP contribution in [0.3, 0.4) is 0 Å². The van der Waals surface area contributed by atoms with Gasteiger partial charge < -0.3 is 5.32 Å². The first-order chi connectivity index (χ1) is 17.5. The molecule has 0 bridgehead atoms. The van der Waals surface area contributed by atoms with Crippen LogP contribution in [0.5, 0.6) is 0 Å². The Morgan fingerprint density at radius 1 is 0.722 bits per heavy atom.